The first-order chi connectivity index (χ1) is 14.0. The molecule has 3 aliphatic heterocycles. The Morgan fingerprint density at radius 3 is 2.69 bits per heavy atom. The van der Waals surface area contributed by atoms with Crippen LogP contribution >= 0.6 is 23.4 Å². The molecule has 154 valence electrons. The van der Waals surface area contributed by atoms with Crippen LogP contribution in [0.3, 0.4) is 0 Å². The number of carbonyl (C=O) groups excluding carboxylic acids is 3. The van der Waals surface area contributed by atoms with Crippen LogP contribution in [0.4, 0.5) is 5.69 Å². The lowest BCUT2D eigenvalue weighted by Gasteiger charge is -2.31. The largest absolute Gasteiger partial charge is 0.324 e. The van der Waals surface area contributed by atoms with Gasteiger partial charge in [-0.25, -0.2) is 0 Å². The van der Waals surface area contributed by atoms with Gasteiger partial charge in [-0.2, -0.15) is 11.8 Å². The SMILES string of the molecule is CSCC[C@@H]1N[C@]2(C(=O)Nc3ccc(Cl)cc32)[C@H]2C(=O)N(C3CCCC3)C(=O)[C@H]12. The fourth-order valence-electron chi connectivity index (χ4n) is 5.81. The minimum atomic E-state index is -1.23. The lowest BCUT2D eigenvalue weighted by Crippen LogP contribution is -2.54. The summed E-state index contributed by atoms with van der Waals surface area (Å²) in [5.41, 5.74) is 0.121. The average Bonchev–Trinajstić information content (AvgIpc) is 3.43. The Balaban J connectivity index is 1.63. The molecule has 5 rings (SSSR count). The Labute approximate surface area is 179 Å². The molecule has 1 aromatic carbocycles. The highest BCUT2D eigenvalue weighted by molar-refractivity contribution is 7.98. The van der Waals surface area contributed by atoms with Gasteiger partial charge >= 0.3 is 0 Å². The number of benzene rings is 1. The highest BCUT2D eigenvalue weighted by Crippen LogP contribution is 2.54. The maximum absolute atomic E-state index is 13.7. The van der Waals surface area contributed by atoms with Crippen LogP contribution in [0, 0.1) is 11.8 Å². The summed E-state index contributed by atoms with van der Waals surface area (Å²) >= 11 is 7.96. The Hall–Kier alpha value is -1.57. The van der Waals surface area contributed by atoms with Crippen molar-refractivity contribution in [1.29, 1.82) is 0 Å². The molecule has 3 fully saturated rings. The molecule has 1 aliphatic carbocycles. The molecule has 29 heavy (non-hydrogen) atoms. The topological polar surface area (TPSA) is 78.5 Å². The second-order valence-electron chi connectivity index (χ2n) is 8.47. The van der Waals surface area contributed by atoms with Gasteiger partial charge < -0.3 is 5.32 Å². The molecule has 1 spiro atoms. The highest BCUT2D eigenvalue weighted by Gasteiger charge is 2.70. The second-order valence-corrected chi connectivity index (χ2v) is 9.89. The van der Waals surface area contributed by atoms with Crippen molar-refractivity contribution in [1.82, 2.24) is 10.2 Å². The Kier molecular flexibility index (Phi) is 4.68. The predicted molar refractivity (Wildman–Crippen MR) is 113 cm³/mol. The van der Waals surface area contributed by atoms with Crippen LogP contribution in [0.2, 0.25) is 5.02 Å². The van der Waals surface area contributed by atoms with Crippen molar-refractivity contribution < 1.29 is 14.4 Å². The minimum absolute atomic E-state index is 0.0258. The Bertz CT molecular complexity index is 903. The summed E-state index contributed by atoms with van der Waals surface area (Å²) in [7, 11) is 0. The van der Waals surface area contributed by atoms with E-state index in [1.807, 2.05) is 6.26 Å². The van der Waals surface area contributed by atoms with E-state index in [2.05, 4.69) is 10.6 Å². The van der Waals surface area contributed by atoms with E-state index < -0.39 is 17.4 Å². The van der Waals surface area contributed by atoms with E-state index >= 15 is 0 Å². The molecular weight excluding hydrogens is 410 g/mol. The molecule has 4 aliphatic rings. The van der Waals surface area contributed by atoms with Gasteiger partial charge in [0.25, 0.3) is 0 Å². The molecule has 0 aromatic heterocycles. The van der Waals surface area contributed by atoms with Crippen molar-refractivity contribution in [3.8, 4) is 0 Å². The molecule has 2 saturated heterocycles. The summed E-state index contributed by atoms with van der Waals surface area (Å²) in [4.78, 5) is 41.9. The molecule has 0 radical (unpaired) electrons. The summed E-state index contributed by atoms with van der Waals surface area (Å²) < 4.78 is 0. The number of hydrogen-bond acceptors (Lipinski definition) is 5. The van der Waals surface area contributed by atoms with E-state index in [0.29, 0.717) is 16.3 Å². The molecule has 0 unspecified atom stereocenters. The van der Waals surface area contributed by atoms with E-state index in [1.54, 1.807) is 30.0 Å². The highest BCUT2D eigenvalue weighted by atomic mass is 35.5. The predicted octanol–water partition coefficient (Wildman–Crippen LogP) is 2.76. The maximum atomic E-state index is 13.7. The van der Waals surface area contributed by atoms with Gasteiger partial charge in [0.05, 0.1) is 11.8 Å². The van der Waals surface area contributed by atoms with Crippen molar-refractivity contribution in [2.24, 2.45) is 11.8 Å². The number of nitrogens with zero attached hydrogens (tertiary/aromatic N) is 1. The van der Waals surface area contributed by atoms with Crippen LogP contribution < -0.4 is 10.6 Å². The van der Waals surface area contributed by atoms with Gasteiger partial charge in [0.1, 0.15) is 5.54 Å². The third kappa shape index (κ3) is 2.63. The Morgan fingerprint density at radius 2 is 1.97 bits per heavy atom. The van der Waals surface area contributed by atoms with Crippen molar-refractivity contribution in [2.75, 3.05) is 17.3 Å². The van der Waals surface area contributed by atoms with Crippen LogP contribution in [-0.4, -0.2) is 46.7 Å². The number of fused-ring (bicyclic) bond motifs is 4. The van der Waals surface area contributed by atoms with Crippen LogP contribution in [0.25, 0.3) is 0 Å². The fourth-order valence-corrected chi connectivity index (χ4v) is 6.47. The number of hydrogen-bond donors (Lipinski definition) is 2. The lowest BCUT2D eigenvalue weighted by molar-refractivity contribution is -0.145. The average molecular weight is 434 g/mol. The van der Waals surface area contributed by atoms with E-state index in [1.165, 1.54) is 4.90 Å². The molecule has 2 N–H and O–H groups in total. The summed E-state index contributed by atoms with van der Waals surface area (Å²) in [6.07, 6.45) is 6.55. The maximum Gasteiger partial charge on any atom is 0.250 e. The summed E-state index contributed by atoms with van der Waals surface area (Å²) in [6, 6.07) is 5.01. The van der Waals surface area contributed by atoms with E-state index in [-0.39, 0.29) is 29.8 Å². The van der Waals surface area contributed by atoms with Crippen molar-refractivity contribution in [3.63, 3.8) is 0 Å². The minimum Gasteiger partial charge on any atom is -0.324 e. The zero-order valence-electron chi connectivity index (χ0n) is 16.2. The van der Waals surface area contributed by atoms with Gasteiger partial charge in [-0.3, -0.25) is 24.6 Å². The normalized spacial score (nSPS) is 33.7. The standard InChI is InChI=1S/C21H24ClN3O3S/c1-29-9-8-15-16-17(19(27)25(18(16)26)12-4-2-3-5-12)21(24-15)13-10-11(22)6-7-14(13)23-20(21)28/h6-7,10,12,15-17,24H,2-5,8-9H2,1H3,(H,23,28)/t15-,16+,17+,21-/m0/s1. The zero-order valence-corrected chi connectivity index (χ0v) is 17.8. The molecular formula is C21H24ClN3O3S. The molecule has 8 heteroatoms. The van der Waals surface area contributed by atoms with Crippen molar-refractivity contribution >= 4 is 46.8 Å². The number of amides is 3. The number of nitrogens with one attached hydrogen (secondary N) is 2. The van der Waals surface area contributed by atoms with Gasteiger partial charge in [-0.1, -0.05) is 24.4 Å². The zero-order chi connectivity index (χ0) is 20.3. The summed E-state index contributed by atoms with van der Waals surface area (Å²) in [6.45, 7) is 0. The smallest absolute Gasteiger partial charge is 0.250 e. The number of likely N-dealkylation sites (tertiary alicyclic amines) is 1. The van der Waals surface area contributed by atoms with E-state index in [4.69, 9.17) is 11.6 Å². The van der Waals surface area contributed by atoms with Crippen LogP contribution in [0.15, 0.2) is 18.2 Å². The monoisotopic (exact) mass is 433 g/mol. The van der Waals surface area contributed by atoms with E-state index in [9.17, 15) is 14.4 Å². The van der Waals surface area contributed by atoms with Gasteiger partial charge in [0.2, 0.25) is 17.7 Å². The number of anilines is 1. The van der Waals surface area contributed by atoms with Crippen LogP contribution in [0.5, 0.6) is 0 Å². The first-order valence-corrected chi connectivity index (χ1v) is 12.0. The van der Waals surface area contributed by atoms with Crippen LogP contribution in [0.1, 0.15) is 37.7 Å². The third-order valence-corrected chi connectivity index (χ3v) is 7.91. The molecule has 3 amide bonds. The quantitative estimate of drug-likeness (QED) is 0.714. The molecule has 0 bridgehead atoms. The number of imide groups is 1. The first-order valence-electron chi connectivity index (χ1n) is 10.2. The second kappa shape index (κ2) is 7.00. The lowest BCUT2D eigenvalue weighted by atomic mass is 9.76. The van der Waals surface area contributed by atoms with Crippen molar-refractivity contribution in [3.05, 3.63) is 28.8 Å². The van der Waals surface area contributed by atoms with E-state index in [0.717, 1.165) is 37.9 Å². The number of halogens is 1. The van der Waals surface area contributed by atoms with Crippen molar-refractivity contribution in [2.45, 2.75) is 49.7 Å². The van der Waals surface area contributed by atoms with Gasteiger partial charge in [-0.05, 0) is 49.5 Å². The third-order valence-electron chi connectivity index (χ3n) is 7.03. The fraction of sp³-hybridized carbons (Fsp3) is 0.571. The summed E-state index contributed by atoms with van der Waals surface area (Å²) in [5, 5.41) is 6.88. The molecule has 4 atom stereocenters. The number of rotatable bonds is 4. The number of carbonyl (C=O) groups is 3. The van der Waals surface area contributed by atoms with Gasteiger partial charge in [0, 0.05) is 28.4 Å². The molecule has 3 heterocycles. The number of thioether (sulfide) groups is 1. The van der Waals surface area contributed by atoms with Gasteiger partial charge in [0.15, 0.2) is 0 Å². The molecule has 1 saturated carbocycles. The summed E-state index contributed by atoms with van der Waals surface area (Å²) in [5.74, 6) is -0.940. The first kappa shape index (κ1) is 19.4. The van der Waals surface area contributed by atoms with Crippen LogP contribution in [-0.2, 0) is 19.9 Å². The molecule has 1 aromatic rings. The Morgan fingerprint density at radius 1 is 1.21 bits per heavy atom. The van der Waals surface area contributed by atoms with Gasteiger partial charge in [-0.15, -0.1) is 0 Å². The molecule has 6 nitrogen and oxygen atoms in total.